The van der Waals surface area contributed by atoms with Gasteiger partial charge < -0.3 is 14.7 Å². The van der Waals surface area contributed by atoms with Crippen LogP contribution in [0.15, 0.2) is 47.6 Å². The van der Waals surface area contributed by atoms with E-state index >= 15 is 0 Å². The SMILES string of the molecule is COc1cccc(OCCCN=c2cc([N+](=O)[O-])ccn2O)c1. The minimum Gasteiger partial charge on any atom is -0.497 e. The smallest absolute Gasteiger partial charge is 0.274 e. The Kier molecular flexibility index (Phi) is 5.56. The molecule has 0 spiro atoms. The summed E-state index contributed by atoms with van der Waals surface area (Å²) in [6, 6.07) is 9.66. The Morgan fingerprint density at radius 1 is 1.30 bits per heavy atom. The number of ether oxygens (including phenoxy) is 2. The molecule has 0 unspecified atom stereocenters. The van der Waals surface area contributed by atoms with E-state index in [1.165, 1.54) is 18.3 Å². The summed E-state index contributed by atoms with van der Waals surface area (Å²) >= 11 is 0. The first kappa shape index (κ1) is 16.3. The van der Waals surface area contributed by atoms with Crippen LogP contribution in [0.4, 0.5) is 5.69 Å². The van der Waals surface area contributed by atoms with E-state index in [1.807, 2.05) is 18.2 Å². The second kappa shape index (κ2) is 7.83. The summed E-state index contributed by atoms with van der Waals surface area (Å²) in [6.07, 6.45) is 1.78. The number of methoxy groups -OCH3 is 1. The molecule has 1 aromatic carbocycles. The van der Waals surface area contributed by atoms with Crippen LogP contribution in [0.25, 0.3) is 0 Å². The maximum absolute atomic E-state index is 10.7. The van der Waals surface area contributed by atoms with E-state index < -0.39 is 4.92 Å². The van der Waals surface area contributed by atoms with Gasteiger partial charge >= 0.3 is 0 Å². The number of nitro groups is 1. The normalized spacial score (nSPS) is 11.3. The van der Waals surface area contributed by atoms with Crippen molar-refractivity contribution in [3.63, 3.8) is 0 Å². The molecule has 0 amide bonds. The van der Waals surface area contributed by atoms with Crippen molar-refractivity contribution in [3.8, 4) is 11.5 Å². The molecule has 0 fully saturated rings. The van der Waals surface area contributed by atoms with Crippen LogP contribution in [0.3, 0.4) is 0 Å². The summed E-state index contributed by atoms with van der Waals surface area (Å²) in [5.74, 6) is 1.40. The molecule has 8 nitrogen and oxygen atoms in total. The first-order valence-corrected chi connectivity index (χ1v) is 6.94. The van der Waals surface area contributed by atoms with Crippen molar-refractivity contribution in [1.29, 1.82) is 0 Å². The molecule has 2 rings (SSSR count). The Balaban J connectivity index is 1.89. The lowest BCUT2D eigenvalue weighted by molar-refractivity contribution is -0.385. The van der Waals surface area contributed by atoms with Crippen molar-refractivity contribution in [2.45, 2.75) is 6.42 Å². The van der Waals surface area contributed by atoms with Crippen LogP contribution in [0.2, 0.25) is 0 Å². The van der Waals surface area contributed by atoms with Gasteiger partial charge in [-0.05, 0) is 12.1 Å². The number of pyridine rings is 1. The summed E-state index contributed by atoms with van der Waals surface area (Å²) in [7, 11) is 1.58. The molecular formula is C15H17N3O5. The van der Waals surface area contributed by atoms with Crippen molar-refractivity contribution < 1.29 is 19.6 Å². The van der Waals surface area contributed by atoms with Crippen molar-refractivity contribution in [2.24, 2.45) is 4.99 Å². The van der Waals surface area contributed by atoms with Crippen molar-refractivity contribution in [3.05, 3.63) is 58.2 Å². The zero-order valence-corrected chi connectivity index (χ0v) is 12.6. The maximum Gasteiger partial charge on any atom is 0.274 e. The topological polar surface area (TPSA) is 99.1 Å². The van der Waals surface area contributed by atoms with E-state index in [0.29, 0.717) is 31.1 Å². The molecule has 0 atom stereocenters. The second-order valence-corrected chi connectivity index (χ2v) is 4.61. The minimum atomic E-state index is -0.537. The molecule has 0 saturated carbocycles. The molecule has 2 aromatic rings. The molecule has 0 aliphatic carbocycles. The molecule has 0 aliphatic rings. The van der Waals surface area contributed by atoms with Gasteiger partial charge in [0.15, 0.2) is 5.49 Å². The van der Waals surface area contributed by atoms with Crippen LogP contribution in [0.1, 0.15) is 6.42 Å². The zero-order valence-electron chi connectivity index (χ0n) is 12.6. The number of aromatic nitrogens is 1. The van der Waals surface area contributed by atoms with Gasteiger partial charge in [0.2, 0.25) is 0 Å². The quantitative estimate of drug-likeness (QED) is 0.364. The molecule has 0 saturated heterocycles. The van der Waals surface area contributed by atoms with E-state index in [0.717, 1.165) is 4.73 Å². The van der Waals surface area contributed by atoms with Crippen molar-refractivity contribution in [1.82, 2.24) is 4.73 Å². The number of benzene rings is 1. The lowest BCUT2D eigenvalue weighted by Crippen LogP contribution is -2.19. The molecule has 1 aromatic heterocycles. The van der Waals surface area contributed by atoms with E-state index in [9.17, 15) is 15.3 Å². The summed E-state index contributed by atoms with van der Waals surface area (Å²) in [5.41, 5.74) is 0.00209. The van der Waals surface area contributed by atoms with Gasteiger partial charge in [-0.1, -0.05) is 6.07 Å². The summed E-state index contributed by atoms with van der Waals surface area (Å²) in [5, 5.41) is 20.3. The highest BCUT2D eigenvalue weighted by atomic mass is 16.6. The van der Waals surface area contributed by atoms with Gasteiger partial charge in [-0.3, -0.25) is 15.1 Å². The van der Waals surface area contributed by atoms with E-state index in [1.54, 1.807) is 13.2 Å². The van der Waals surface area contributed by atoms with E-state index in [4.69, 9.17) is 9.47 Å². The molecule has 1 heterocycles. The predicted octanol–water partition coefficient (Wildman–Crippen LogP) is 2.01. The van der Waals surface area contributed by atoms with Crippen LogP contribution < -0.4 is 15.0 Å². The fraction of sp³-hybridized carbons (Fsp3) is 0.267. The summed E-state index contributed by atoms with van der Waals surface area (Å²) in [4.78, 5) is 14.3. The molecule has 1 N–H and O–H groups in total. The van der Waals surface area contributed by atoms with Crippen LogP contribution >= 0.6 is 0 Å². The summed E-state index contributed by atoms with van der Waals surface area (Å²) in [6.45, 7) is 0.794. The largest absolute Gasteiger partial charge is 0.497 e. The van der Waals surface area contributed by atoms with Crippen molar-refractivity contribution >= 4 is 5.69 Å². The monoisotopic (exact) mass is 319 g/mol. The van der Waals surface area contributed by atoms with Gasteiger partial charge in [0.1, 0.15) is 11.5 Å². The summed E-state index contributed by atoms with van der Waals surface area (Å²) < 4.78 is 11.4. The van der Waals surface area contributed by atoms with Crippen LogP contribution in [0, 0.1) is 10.1 Å². The fourth-order valence-corrected chi connectivity index (χ4v) is 1.84. The third-order valence-corrected chi connectivity index (χ3v) is 3.00. The van der Waals surface area contributed by atoms with Gasteiger partial charge in [0.25, 0.3) is 5.69 Å². The van der Waals surface area contributed by atoms with Crippen molar-refractivity contribution in [2.75, 3.05) is 20.3 Å². The maximum atomic E-state index is 10.7. The predicted molar refractivity (Wildman–Crippen MR) is 81.8 cm³/mol. The number of hydrogen-bond donors (Lipinski definition) is 1. The highest BCUT2D eigenvalue weighted by Gasteiger charge is 2.05. The van der Waals surface area contributed by atoms with E-state index in [2.05, 4.69) is 4.99 Å². The molecule has 0 bridgehead atoms. The lowest BCUT2D eigenvalue weighted by Gasteiger charge is -2.06. The number of rotatable bonds is 7. The Bertz CT molecular complexity index is 742. The second-order valence-electron chi connectivity index (χ2n) is 4.61. The molecule has 23 heavy (non-hydrogen) atoms. The first-order chi connectivity index (χ1) is 11.1. The Morgan fingerprint density at radius 2 is 2.09 bits per heavy atom. The van der Waals surface area contributed by atoms with E-state index in [-0.39, 0.29) is 11.2 Å². The average molecular weight is 319 g/mol. The van der Waals surface area contributed by atoms with Crippen LogP contribution in [-0.4, -0.2) is 35.1 Å². The highest BCUT2D eigenvalue weighted by molar-refractivity contribution is 5.32. The Morgan fingerprint density at radius 3 is 2.83 bits per heavy atom. The Hall–Kier alpha value is -3.03. The highest BCUT2D eigenvalue weighted by Crippen LogP contribution is 2.18. The molecule has 0 aliphatic heterocycles. The van der Waals surface area contributed by atoms with Gasteiger partial charge in [-0.25, -0.2) is 0 Å². The third kappa shape index (κ3) is 4.73. The van der Waals surface area contributed by atoms with Gasteiger partial charge in [0, 0.05) is 25.1 Å². The average Bonchev–Trinajstić information content (AvgIpc) is 2.56. The standard InChI is InChI=1S/C15H17N3O5/c1-22-13-4-2-5-14(11-13)23-9-3-7-16-15-10-12(18(20)21)6-8-17(15)19/h2,4-6,8,10-11,19H,3,7,9H2,1H3. The lowest BCUT2D eigenvalue weighted by atomic mass is 10.3. The van der Waals surface area contributed by atoms with Crippen LogP contribution in [0.5, 0.6) is 11.5 Å². The third-order valence-electron chi connectivity index (χ3n) is 3.00. The zero-order chi connectivity index (χ0) is 16.7. The van der Waals surface area contributed by atoms with Crippen LogP contribution in [-0.2, 0) is 0 Å². The van der Waals surface area contributed by atoms with Gasteiger partial charge in [0.05, 0.1) is 30.9 Å². The Labute approximate surface area is 132 Å². The fourth-order valence-electron chi connectivity index (χ4n) is 1.84. The molecule has 122 valence electrons. The molecular weight excluding hydrogens is 302 g/mol. The number of nitrogens with zero attached hydrogens (tertiary/aromatic N) is 3. The molecule has 0 radical (unpaired) electrons. The van der Waals surface area contributed by atoms with Gasteiger partial charge in [-0.2, -0.15) is 4.73 Å². The molecule has 8 heteroatoms. The number of hydrogen-bond acceptors (Lipinski definition) is 6. The first-order valence-electron chi connectivity index (χ1n) is 6.94. The van der Waals surface area contributed by atoms with Gasteiger partial charge in [-0.15, -0.1) is 0 Å². The minimum absolute atomic E-state index is 0.123.